The molecule has 0 aliphatic carbocycles. The van der Waals surface area contributed by atoms with Gasteiger partial charge in [0.15, 0.2) is 0 Å². The Bertz CT molecular complexity index is 558. The number of nitrogens with two attached hydrogens (primary N) is 1. The first-order valence-electron chi connectivity index (χ1n) is 6.19. The molecule has 0 atom stereocenters. The standard InChI is InChI=1S/C15H18N2OS/c1-11-3-4-12(2)14(9-11)18-7-8-19-15-5-6-17-10-13(15)16/h3-6,9-10H,7-8,16H2,1-2H3. The van der Waals surface area contributed by atoms with E-state index in [2.05, 4.69) is 37.0 Å². The van der Waals surface area contributed by atoms with Crippen LogP contribution in [0, 0.1) is 13.8 Å². The lowest BCUT2D eigenvalue weighted by atomic mass is 10.1. The molecule has 0 fully saturated rings. The van der Waals surface area contributed by atoms with E-state index in [-0.39, 0.29) is 0 Å². The normalized spacial score (nSPS) is 10.4. The highest BCUT2D eigenvalue weighted by Gasteiger charge is 2.02. The van der Waals surface area contributed by atoms with Crippen LogP contribution in [-0.4, -0.2) is 17.3 Å². The minimum atomic E-state index is 0.663. The first kappa shape index (κ1) is 13.7. The van der Waals surface area contributed by atoms with Crippen molar-refractivity contribution in [3.05, 3.63) is 47.8 Å². The number of aryl methyl sites for hydroxylation is 2. The third kappa shape index (κ3) is 3.89. The number of pyridine rings is 1. The zero-order chi connectivity index (χ0) is 13.7. The molecule has 1 aromatic carbocycles. The Morgan fingerprint density at radius 3 is 2.89 bits per heavy atom. The second-order valence-electron chi connectivity index (χ2n) is 4.38. The van der Waals surface area contributed by atoms with Gasteiger partial charge >= 0.3 is 0 Å². The van der Waals surface area contributed by atoms with Gasteiger partial charge in [-0.15, -0.1) is 11.8 Å². The van der Waals surface area contributed by atoms with Crippen LogP contribution >= 0.6 is 11.8 Å². The molecule has 0 amide bonds. The second kappa shape index (κ2) is 6.48. The Labute approximate surface area is 118 Å². The summed E-state index contributed by atoms with van der Waals surface area (Å²) in [5, 5.41) is 0. The van der Waals surface area contributed by atoms with Crippen LogP contribution in [0.4, 0.5) is 5.69 Å². The molecule has 19 heavy (non-hydrogen) atoms. The molecule has 2 aromatic rings. The van der Waals surface area contributed by atoms with Crippen molar-refractivity contribution in [2.24, 2.45) is 0 Å². The van der Waals surface area contributed by atoms with Crippen molar-refractivity contribution in [2.75, 3.05) is 18.1 Å². The fourth-order valence-corrected chi connectivity index (χ4v) is 2.45. The summed E-state index contributed by atoms with van der Waals surface area (Å²) in [6.45, 7) is 4.79. The topological polar surface area (TPSA) is 48.1 Å². The molecule has 1 heterocycles. The van der Waals surface area contributed by atoms with Gasteiger partial charge in [0.1, 0.15) is 5.75 Å². The summed E-state index contributed by atoms with van der Waals surface area (Å²) < 4.78 is 5.80. The second-order valence-corrected chi connectivity index (χ2v) is 5.52. The van der Waals surface area contributed by atoms with Crippen molar-refractivity contribution in [3.63, 3.8) is 0 Å². The van der Waals surface area contributed by atoms with Crippen molar-refractivity contribution in [1.29, 1.82) is 0 Å². The van der Waals surface area contributed by atoms with Crippen molar-refractivity contribution in [3.8, 4) is 5.75 Å². The van der Waals surface area contributed by atoms with Crippen molar-refractivity contribution < 1.29 is 4.74 Å². The van der Waals surface area contributed by atoms with E-state index in [9.17, 15) is 0 Å². The summed E-state index contributed by atoms with van der Waals surface area (Å²) in [7, 11) is 0. The summed E-state index contributed by atoms with van der Waals surface area (Å²) in [5.41, 5.74) is 8.94. The van der Waals surface area contributed by atoms with Gasteiger partial charge < -0.3 is 10.5 Å². The number of hydrogen-bond donors (Lipinski definition) is 1. The van der Waals surface area contributed by atoms with E-state index in [0.717, 1.165) is 22.1 Å². The highest BCUT2D eigenvalue weighted by atomic mass is 32.2. The zero-order valence-corrected chi connectivity index (χ0v) is 12.0. The van der Waals surface area contributed by atoms with Crippen LogP contribution in [0.25, 0.3) is 0 Å². The number of nitrogen functional groups attached to an aromatic ring is 1. The van der Waals surface area contributed by atoms with Crippen LogP contribution in [-0.2, 0) is 0 Å². The Morgan fingerprint density at radius 1 is 1.26 bits per heavy atom. The Morgan fingerprint density at radius 2 is 2.11 bits per heavy atom. The molecule has 2 N–H and O–H groups in total. The van der Waals surface area contributed by atoms with E-state index in [4.69, 9.17) is 10.5 Å². The Kier molecular flexibility index (Phi) is 4.68. The fourth-order valence-electron chi connectivity index (χ4n) is 1.69. The number of nitrogens with zero attached hydrogens (tertiary/aromatic N) is 1. The molecule has 3 nitrogen and oxygen atoms in total. The number of thioether (sulfide) groups is 1. The van der Waals surface area contributed by atoms with E-state index >= 15 is 0 Å². The average molecular weight is 274 g/mol. The number of rotatable bonds is 5. The summed E-state index contributed by atoms with van der Waals surface area (Å²) in [4.78, 5) is 5.03. The summed E-state index contributed by atoms with van der Waals surface area (Å²) in [6, 6.07) is 8.17. The predicted octanol–water partition coefficient (Wildman–Crippen LogP) is 3.45. The zero-order valence-electron chi connectivity index (χ0n) is 11.2. The largest absolute Gasteiger partial charge is 0.492 e. The molecule has 0 aliphatic heterocycles. The third-order valence-corrected chi connectivity index (χ3v) is 3.81. The molecular formula is C15H18N2OS. The first-order chi connectivity index (χ1) is 9.16. The quantitative estimate of drug-likeness (QED) is 0.670. The lowest BCUT2D eigenvalue weighted by Gasteiger charge is -2.10. The van der Waals surface area contributed by atoms with Gasteiger partial charge in [0.05, 0.1) is 18.5 Å². The fraction of sp³-hybridized carbons (Fsp3) is 0.267. The van der Waals surface area contributed by atoms with Crippen LogP contribution in [0.3, 0.4) is 0 Å². The van der Waals surface area contributed by atoms with Crippen LogP contribution in [0.2, 0.25) is 0 Å². The molecule has 100 valence electrons. The molecule has 4 heteroatoms. The third-order valence-electron chi connectivity index (χ3n) is 2.75. The highest BCUT2D eigenvalue weighted by Crippen LogP contribution is 2.24. The average Bonchev–Trinajstić information content (AvgIpc) is 2.40. The van der Waals surface area contributed by atoms with Gasteiger partial charge in [0.25, 0.3) is 0 Å². The maximum atomic E-state index is 5.83. The Hall–Kier alpha value is -1.68. The maximum absolute atomic E-state index is 5.83. The molecule has 2 rings (SSSR count). The monoisotopic (exact) mass is 274 g/mol. The number of benzene rings is 1. The van der Waals surface area contributed by atoms with Gasteiger partial charge in [-0.1, -0.05) is 12.1 Å². The Balaban J connectivity index is 1.84. The number of anilines is 1. The van der Waals surface area contributed by atoms with E-state index in [1.165, 1.54) is 11.1 Å². The lowest BCUT2D eigenvalue weighted by Crippen LogP contribution is -2.02. The molecule has 0 aliphatic rings. The van der Waals surface area contributed by atoms with E-state index in [1.807, 2.05) is 6.07 Å². The van der Waals surface area contributed by atoms with Gasteiger partial charge in [-0.3, -0.25) is 4.98 Å². The van der Waals surface area contributed by atoms with E-state index in [0.29, 0.717) is 6.61 Å². The van der Waals surface area contributed by atoms with Gasteiger partial charge in [-0.25, -0.2) is 0 Å². The van der Waals surface area contributed by atoms with Crippen molar-refractivity contribution in [2.45, 2.75) is 18.7 Å². The molecule has 0 unspecified atom stereocenters. The van der Waals surface area contributed by atoms with E-state index < -0.39 is 0 Å². The van der Waals surface area contributed by atoms with Gasteiger partial charge in [-0.05, 0) is 37.1 Å². The molecule has 1 aromatic heterocycles. The first-order valence-corrected chi connectivity index (χ1v) is 7.17. The van der Waals surface area contributed by atoms with Crippen molar-refractivity contribution in [1.82, 2.24) is 4.98 Å². The SMILES string of the molecule is Cc1ccc(C)c(OCCSc2ccncc2N)c1. The molecule has 0 saturated heterocycles. The maximum Gasteiger partial charge on any atom is 0.122 e. The minimum Gasteiger partial charge on any atom is -0.492 e. The van der Waals surface area contributed by atoms with Crippen LogP contribution in [0.1, 0.15) is 11.1 Å². The molecule has 0 bridgehead atoms. The molecule has 0 saturated carbocycles. The van der Waals surface area contributed by atoms with E-state index in [1.54, 1.807) is 24.2 Å². The summed E-state index contributed by atoms with van der Waals surface area (Å²) in [5.74, 6) is 1.82. The number of aromatic nitrogens is 1. The molecule has 0 radical (unpaired) electrons. The van der Waals surface area contributed by atoms with Gasteiger partial charge in [-0.2, -0.15) is 0 Å². The number of hydrogen-bond acceptors (Lipinski definition) is 4. The predicted molar refractivity (Wildman–Crippen MR) is 80.8 cm³/mol. The highest BCUT2D eigenvalue weighted by molar-refractivity contribution is 7.99. The van der Waals surface area contributed by atoms with Crippen LogP contribution in [0.15, 0.2) is 41.6 Å². The molecule has 0 spiro atoms. The lowest BCUT2D eigenvalue weighted by molar-refractivity contribution is 0.341. The summed E-state index contributed by atoms with van der Waals surface area (Å²) in [6.07, 6.45) is 3.43. The minimum absolute atomic E-state index is 0.663. The van der Waals surface area contributed by atoms with Gasteiger partial charge in [0, 0.05) is 16.8 Å². The summed E-state index contributed by atoms with van der Waals surface area (Å²) >= 11 is 1.69. The van der Waals surface area contributed by atoms with Gasteiger partial charge in [0.2, 0.25) is 0 Å². The number of ether oxygens (including phenoxy) is 1. The smallest absolute Gasteiger partial charge is 0.122 e. The van der Waals surface area contributed by atoms with Crippen LogP contribution in [0.5, 0.6) is 5.75 Å². The van der Waals surface area contributed by atoms with Crippen LogP contribution < -0.4 is 10.5 Å². The molecular weight excluding hydrogens is 256 g/mol. The van der Waals surface area contributed by atoms with Crippen molar-refractivity contribution >= 4 is 17.4 Å².